The first kappa shape index (κ1) is 17.9. The van der Waals surface area contributed by atoms with Gasteiger partial charge in [-0.3, -0.25) is 4.79 Å². The third-order valence-corrected chi connectivity index (χ3v) is 6.31. The fourth-order valence-corrected chi connectivity index (χ4v) is 4.96. The predicted octanol–water partition coefficient (Wildman–Crippen LogP) is 4.62. The van der Waals surface area contributed by atoms with Crippen LogP contribution in [0.15, 0.2) is 35.2 Å². The molecular weight excluding hydrogens is 312 g/mol. The Balaban J connectivity index is 1.99. The van der Waals surface area contributed by atoms with Gasteiger partial charge in [0.05, 0.1) is 12.0 Å². The molecule has 2 rings (SSSR count). The first-order valence-corrected chi connectivity index (χ1v) is 10.2. The highest BCUT2D eigenvalue weighted by molar-refractivity contribution is 8.13. The predicted molar refractivity (Wildman–Crippen MR) is 96.4 cm³/mol. The first-order chi connectivity index (χ1) is 10.7. The van der Waals surface area contributed by atoms with Crippen molar-refractivity contribution in [2.75, 3.05) is 11.5 Å². The molecule has 0 unspecified atom stereocenters. The van der Waals surface area contributed by atoms with Crippen molar-refractivity contribution in [1.29, 1.82) is 0 Å². The molecule has 2 atom stereocenters. The number of hydrogen-bond acceptors (Lipinski definition) is 4. The summed E-state index contributed by atoms with van der Waals surface area (Å²) in [6, 6.07) is 10.1. The van der Waals surface area contributed by atoms with E-state index in [9.17, 15) is 9.90 Å². The van der Waals surface area contributed by atoms with Crippen molar-refractivity contribution in [3.05, 3.63) is 30.3 Å². The van der Waals surface area contributed by atoms with E-state index >= 15 is 0 Å². The van der Waals surface area contributed by atoms with Crippen LogP contribution in [0, 0.1) is 11.8 Å². The van der Waals surface area contributed by atoms with Crippen molar-refractivity contribution < 1.29 is 9.90 Å². The summed E-state index contributed by atoms with van der Waals surface area (Å²) in [6.07, 6.45) is 5.30. The Bertz CT molecular complexity index is 444. The van der Waals surface area contributed by atoms with Crippen LogP contribution in [-0.4, -0.2) is 27.8 Å². The van der Waals surface area contributed by atoms with Gasteiger partial charge in [0.2, 0.25) is 0 Å². The van der Waals surface area contributed by atoms with Gasteiger partial charge in [-0.2, -0.15) is 0 Å². The Morgan fingerprint density at radius 1 is 1.23 bits per heavy atom. The fraction of sp³-hybridized carbons (Fsp3) is 0.611. The van der Waals surface area contributed by atoms with E-state index < -0.39 is 6.10 Å². The molecule has 0 radical (unpaired) electrons. The lowest BCUT2D eigenvalue weighted by molar-refractivity contribution is -0.118. The Kier molecular flexibility index (Phi) is 7.84. The van der Waals surface area contributed by atoms with Crippen LogP contribution in [0.2, 0.25) is 0 Å². The van der Waals surface area contributed by atoms with Crippen molar-refractivity contribution in [3.63, 3.8) is 0 Å². The first-order valence-electron chi connectivity index (χ1n) is 8.25. The van der Waals surface area contributed by atoms with Crippen LogP contribution in [-0.2, 0) is 4.79 Å². The lowest BCUT2D eigenvalue weighted by atomic mass is 9.81. The van der Waals surface area contributed by atoms with E-state index in [0.29, 0.717) is 11.7 Å². The van der Waals surface area contributed by atoms with E-state index in [0.717, 1.165) is 23.5 Å². The van der Waals surface area contributed by atoms with Crippen LogP contribution >= 0.6 is 23.5 Å². The van der Waals surface area contributed by atoms with Gasteiger partial charge in [0.1, 0.15) is 0 Å². The number of aliphatic hydroxyl groups is 1. The topological polar surface area (TPSA) is 37.3 Å². The molecule has 0 amide bonds. The average Bonchev–Trinajstić information content (AvgIpc) is 2.57. The van der Waals surface area contributed by atoms with E-state index in [4.69, 9.17) is 0 Å². The third kappa shape index (κ3) is 5.32. The summed E-state index contributed by atoms with van der Waals surface area (Å²) < 4.78 is 0. The minimum Gasteiger partial charge on any atom is -0.392 e. The quantitative estimate of drug-likeness (QED) is 0.736. The van der Waals surface area contributed by atoms with Gasteiger partial charge in [0, 0.05) is 10.6 Å². The van der Waals surface area contributed by atoms with Gasteiger partial charge in [-0.05, 0) is 36.6 Å². The molecule has 0 aliphatic heterocycles. The molecule has 0 heterocycles. The Hall–Kier alpha value is -0.450. The molecule has 1 aliphatic carbocycles. The third-order valence-electron chi connectivity index (χ3n) is 4.31. The number of thioether (sulfide) groups is 2. The summed E-state index contributed by atoms with van der Waals surface area (Å²) in [5, 5.41) is 10.9. The van der Waals surface area contributed by atoms with Crippen molar-refractivity contribution in [2.45, 2.75) is 50.0 Å². The van der Waals surface area contributed by atoms with Gasteiger partial charge >= 0.3 is 0 Å². The van der Waals surface area contributed by atoms with Crippen molar-refractivity contribution >= 4 is 28.6 Å². The molecule has 1 aromatic carbocycles. The molecule has 1 aliphatic rings. The summed E-state index contributed by atoms with van der Waals surface area (Å²) in [6.45, 7) is 2.00. The minimum absolute atomic E-state index is 0.156. The highest BCUT2D eigenvalue weighted by atomic mass is 32.2. The summed E-state index contributed by atoms with van der Waals surface area (Å²) >= 11 is 3.04. The zero-order valence-corrected chi connectivity index (χ0v) is 14.9. The molecule has 1 N–H and O–H groups in total. The Morgan fingerprint density at radius 2 is 1.91 bits per heavy atom. The largest absolute Gasteiger partial charge is 0.392 e. The lowest BCUT2D eigenvalue weighted by Crippen LogP contribution is -2.36. The summed E-state index contributed by atoms with van der Waals surface area (Å²) in [4.78, 5) is 13.6. The number of rotatable bonds is 7. The summed E-state index contributed by atoms with van der Waals surface area (Å²) in [5.74, 6) is 1.51. The zero-order chi connectivity index (χ0) is 15.8. The zero-order valence-electron chi connectivity index (χ0n) is 13.2. The molecule has 0 bridgehead atoms. The lowest BCUT2D eigenvalue weighted by Gasteiger charge is -2.31. The monoisotopic (exact) mass is 338 g/mol. The SMILES string of the molecule is CCSC(=O)[C@@H](CSc1ccccc1)[C@H](O)C1CCCCC1. The Morgan fingerprint density at radius 3 is 2.55 bits per heavy atom. The van der Waals surface area contributed by atoms with Crippen molar-refractivity contribution in [1.82, 2.24) is 0 Å². The van der Waals surface area contributed by atoms with Gasteiger partial charge in [-0.15, -0.1) is 11.8 Å². The molecule has 0 aromatic heterocycles. The van der Waals surface area contributed by atoms with Gasteiger partial charge in [-0.25, -0.2) is 0 Å². The second-order valence-electron chi connectivity index (χ2n) is 5.87. The minimum atomic E-state index is -0.483. The maximum Gasteiger partial charge on any atom is 0.195 e. The second-order valence-corrected chi connectivity index (χ2v) is 8.23. The molecule has 122 valence electrons. The highest BCUT2D eigenvalue weighted by Crippen LogP contribution is 2.34. The molecule has 0 saturated heterocycles. The van der Waals surface area contributed by atoms with Crippen LogP contribution < -0.4 is 0 Å². The molecule has 1 saturated carbocycles. The fourth-order valence-electron chi connectivity index (χ4n) is 3.06. The van der Waals surface area contributed by atoms with Gasteiger partial charge < -0.3 is 5.11 Å². The average molecular weight is 339 g/mol. The van der Waals surface area contributed by atoms with Gasteiger partial charge in [0.25, 0.3) is 0 Å². The maximum absolute atomic E-state index is 12.4. The molecule has 22 heavy (non-hydrogen) atoms. The molecule has 0 spiro atoms. The van der Waals surface area contributed by atoms with E-state index in [1.54, 1.807) is 11.8 Å². The van der Waals surface area contributed by atoms with Crippen molar-refractivity contribution in [2.24, 2.45) is 11.8 Å². The number of carbonyl (C=O) groups is 1. The molecule has 1 fully saturated rings. The summed E-state index contributed by atoms with van der Waals surface area (Å²) in [5.41, 5.74) is 0. The molecular formula is C18H26O2S2. The summed E-state index contributed by atoms with van der Waals surface area (Å²) in [7, 11) is 0. The van der Waals surface area contributed by atoms with Crippen LogP contribution in [0.25, 0.3) is 0 Å². The van der Waals surface area contributed by atoms with Crippen molar-refractivity contribution in [3.8, 4) is 0 Å². The Labute approximate surface area is 142 Å². The van der Waals surface area contributed by atoms with Crippen LogP contribution in [0.4, 0.5) is 0 Å². The molecule has 2 nitrogen and oxygen atoms in total. The van der Waals surface area contributed by atoms with Crippen LogP contribution in [0.3, 0.4) is 0 Å². The number of hydrogen-bond donors (Lipinski definition) is 1. The van der Waals surface area contributed by atoms with E-state index in [2.05, 4.69) is 12.1 Å². The van der Waals surface area contributed by atoms with E-state index in [-0.39, 0.29) is 11.0 Å². The normalized spacial score (nSPS) is 18.8. The second kappa shape index (κ2) is 9.64. The van der Waals surface area contributed by atoms with E-state index in [1.165, 1.54) is 31.0 Å². The maximum atomic E-state index is 12.4. The number of carbonyl (C=O) groups excluding carboxylic acids is 1. The van der Waals surface area contributed by atoms with Gasteiger partial charge in [0.15, 0.2) is 5.12 Å². The standard InChI is InChI=1S/C18H26O2S2/c1-2-21-18(20)16(13-22-15-11-7-4-8-12-15)17(19)14-9-5-3-6-10-14/h4,7-8,11-12,14,16-17,19H,2-3,5-6,9-10,13H2,1H3/t16-,17+/m0/s1. The smallest absolute Gasteiger partial charge is 0.195 e. The highest BCUT2D eigenvalue weighted by Gasteiger charge is 2.33. The number of benzene rings is 1. The molecule has 1 aromatic rings. The van der Waals surface area contributed by atoms with Gasteiger partial charge in [-0.1, -0.05) is 56.1 Å². The molecule has 4 heteroatoms. The van der Waals surface area contributed by atoms with Crippen LogP contribution in [0.5, 0.6) is 0 Å². The van der Waals surface area contributed by atoms with Crippen LogP contribution in [0.1, 0.15) is 39.0 Å². The number of aliphatic hydroxyl groups excluding tert-OH is 1. The van der Waals surface area contributed by atoms with E-state index in [1.807, 2.05) is 25.1 Å².